The van der Waals surface area contributed by atoms with E-state index in [1.807, 2.05) is 30.3 Å². The number of rotatable bonds is 14. The summed E-state index contributed by atoms with van der Waals surface area (Å²) in [5, 5.41) is 7.32. The molecule has 0 spiro atoms. The molecule has 2 bridgehead atoms. The van der Waals surface area contributed by atoms with Crippen molar-refractivity contribution in [3.63, 3.8) is 0 Å². The summed E-state index contributed by atoms with van der Waals surface area (Å²) < 4.78 is 0. The van der Waals surface area contributed by atoms with Crippen molar-refractivity contribution in [1.82, 2.24) is 20.5 Å². The number of unbranched alkanes of at least 4 members (excludes halogenated alkanes) is 2. The number of carbonyl (C=O) groups excluding carboxylic acids is 3. The summed E-state index contributed by atoms with van der Waals surface area (Å²) in [5.41, 5.74) is 4.45. The lowest BCUT2D eigenvalue weighted by atomic mass is 10.0. The van der Waals surface area contributed by atoms with Gasteiger partial charge in [-0.1, -0.05) is 61.4 Å². The van der Waals surface area contributed by atoms with Gasteiger partial charge < -0.3 is 20.4 Å². The highest BCUT2D eigenvalue weighted by molar-refractivity contribution is 5.91. The molecular formula is C33H42N4O3. The number of likely N-dealkylation sites (tertiary alicyclic amines) is 1. The Hall–Kier alpha value is -3.45. The quantitative estimate of drug-likeness (QED) is 0.250. The number of hydrogen-bond donors (Lipinski definition) is 3. The average Bonchev–Trinajstić information content (AvgIpc) is 3.67. The van der Waals surface area contributed by atoms with Gasteiger partial charge in [0, 0.05) is 42.1 Å². The smallest absolute Gasteiger partial charge is 0.242 e. The highest BCUT2D eigenvalue weighted by Crippen LogP contribution is 2.37. The molecule has 3 N–H and O–H groups in total. The number of nitrogens with zero attached hydrogens (tertiary/aromatic N) is 1. The third-order valence-electron chi connectivity index (χ3n) is 8.59. The summed E-state index contributed by atoms with van der Waals surface area (Å²) in [6.07, 6.45) is 7.94. The molecule has 1 saturated heterocycles. The van der Waals surface area contributed by atoms with Gasteiger partial charge in [0.2, 0.25) is 11.8 Å². The summed E-state index contributed by atoms with van der Waals surface area (Å²) in [6.45, 7) is 3.45. The van der Waals surface area contributed by atoms with E-state index in [-0.39, 0.29) is 17.6 Å². The maximum atomic E-state index is 13.4. The molecule has 1 aliphatic carbocycles. The predicted octanol–water partition coefficient (Wildman–Crippen LogP) is 5.00. The Labute approximate surface area is 237 Å². The molecule has 2 aliphatic rings. The van der Waals surface area contributed by atoms with Crippen molar-refractivity contribution in [2.75, 3.05) is 19.6 Å². The predicted molar refractivity (Wildman–Crippen MR) is 159 cm³/mol. The molecular weight excluding hydrogens is 500 g/mol. The molecule has 2 heterocycles. The van der Waals surface area contributed by atoms with Crippen LogP contribution in [0.3, 0.4) is 0 Å². The first-order valence-corrected chi connectivity index (χ1v) is 14.9. The van der Waals surface area contributed by atoms with E-state index in [1.165, 1.54) is 24.8 Å². The Bertz CT molecular complexity index is 1320. The number of H-pyrrole nitrogens is 1. The van der Waals surface area contributed by atoms with Gasteiger partial charge in [0.1, 0.15) is 11.8 Å². The molecule has 2 amide bonds. The van der Waals surface area contributed by atoms with Crippen molar-refractivity contribution in [3.8, 4) is 11.3 Å². The van der Waals surface area contributed by atoms with E-state index in [0.717, 1.165) is 53.9 Å². The van der Waals surface area contributed by atoms with Crippen LogP contribution in [0.4, 0.5) is 0 Å². The fraction of sp³-hybridized carbons (Fsp3) is 0.485. The van der Waals surface area contributed by atoms with Crippen molar-refractivity contribution in [1.29, 1.82) is 0 Å². The SMILES string of the molecule is CC(=O)CCCCCC(NC(=O)CN1C[C@H]2CC[C@H]1C2)C(=O)NCCc1c(-c2ccccc2)[nH]c2ccccc12. The van der Waals surface area contributed by atoms with Crippen molar-refractivity contribution in [2.24, 2.45) is 5.92 Å². The highest BCUT2D eigenvalue weighted by Gasteiger charge is 2.38. The number of nitrogens with one attached hydrogen (secondary N) is 3. The minimum absolute atomic E-state index is 0.0700. The number of amides is 2. The maximum Gasteiger partial charge on any atom is 0.242 e. The van der Waals surface area contributed by atoms with Gasteiger partial charge in [-0.2, -0.15) is 0 Å². The number of ketones is 1. The second-order valence-corrected chi connectivity index (χ2v) is 11.6. The zero-order valence-corrected chi connectivity index (χ0v) is 23.6. The summed E-state index contributed by atoms with van der Waals surface area (Å²) in [6, 6.07) is 18.5. The normalized spacial score (nSPS) is 19.1. The first kappa shape index (κ1) is 28.1. The number of carbonyl (C=O) groups is 3. The van der Waals surface area contributed by atoms with Gasteiger partial charge in [-0.05, 0) is 68.6 Å². The van der Waals surface area contributed by atoms with E-state index in [4.69, 9.17) is 0 Å². The molecule has 7 heteroatoms. The fourth-order valence-corrected chi connectivity index (χ4v) is 6.56. The number of aromatic amines is 1. The summed E-state index contributed by atoms with van der Waals surface area (Å²) in [5.74, 6) is 0.710. The lowest BCUT2D eigenvalue weighted by molar-refractivity contribution is -0.130. The number of piperidine rings is 1. The average molecular weight is 543 g/mol. The van der Waals surface area contributed by atoms with Crippen LogP contribution in [0.5, 0.6) is 0 Å². The van der Waals surface area contributed by atoms with Gasteiger partial charge in [-0.3, -0.25) is 14.5 Å². The summed E-state index contributed by atoms with van der Waals surface area (Å²) >= 11 is 0. The van der Waals surface area contributed by atoms with Crippen molar-refractivity contribution in [3.05, 3.63) is 60.2 Å². The van der Waals surface area contributed by atoms with E-state index < -0.39 is 6.04 Å². The van der Waals surface area contributed by atoms with Crippen LogP contribution in [0.25, 0.3) is 22.2 Å². The maximum absolute atomic E-state index is 13.4. The first-order chi connectivity index (χ1) is 19.5. The fourth-order valence-electron chi connectivity index (χ4n) is 6.56. The molecule has 2 aromatic carbocycles. The molecule has 2 fully saturated rings. The van der Waals surface area contributed by atoms with E-state index >= 15 is 0 Å². The number of para-hydroxylation sites is 1. The Kier molecular flexibility index (Phi) is 9.32. The van der Waals surface area contributed by atoms with Crippen LogP contribution in [0.2, 0.25) is 0 Å². The zero-order chi connectivity index (χ0) is 27.9. The highest BCUT2D eigenvalue weighted by atomic mass is 16.2. The summed E-state index contributed by atoms with van der Waals surface area (Å²) in [7, 11) is 0. The van der Waals surface area contributed by atoms with E-state index in [9.17, 15) is 14.4 Å². The van der Waals surface area contributed by atoms with Gasteiger partial charge in [0.25, 0.3) is 0 Å². The van der Waals surface area contributed by atoms with Crippen LogP contribution < -0.4 is 10.6 Å². The lowest BCUT2D eigenvalue weighted by Crippen LogP contribution is -2.50. The zero-order valence-electron chi connectivity index (χ0n) is 23.6. The largest absolute Gasteiger partial charge is 0.354 e. The molecule has 1 aliphatic heterocycles. The standard InChI is InChI=1S/C33H42N4O3/c1-23(38)10-4-2-7-15-30(35-31(39)22-37-21-24-16-17-26(37)20-24)33(40)34-19-18-28-27-13-8-9-14-29(27)36-32(28)25-11-5-3-6-12-25/h3,5-6,8-9,11-14,24,26,30,36H,2,4,7,10,15-22H2,1H3,(H,34,40)(H,35,39)/t24-,26-,30?/m0/s1. The van der Waals surface area contributed by atoms with Crippen LogP contribution in [0.15, 0.2) is 54.6 Å². The van der Waals surface area contributed by atoms with E-state index in [1.54, 1.807) is 6.92 Å². The molecule has 1 aromatic heterocycles. The molecule has 1 unspecified atom stereocenters. The number of Topliss-reactive ketones (excluding diaryl/α,β-unsaturated/α-hetero) is 1. The Morgan fingerprint density at radius 3 is 2.55 bits per heavy atom. The van der Waals surface area contributed by atoms with Crippen LogP contribution in [0, 0.1) is 5.92 Å². The minimum Gasteiger partial charge on any atom is -0.354 e. The lowest BCUT2D eigenvalue weighted by Gasteiger charge is -2.27. The Balaban J connectivity index is 1.21. The molecule has 0 radical (unpaired) electrons. The Morgan fingerprint density at radius 1 is 1.00 bits per heavy atom. The Morgan fingerprint density at radius 2 is 1.80 bits per heavy atom. The van der Waals surface area contributed by atoms with Gasteiger partial charge in [0.15, 0.2) is 0 Å². The molecule has 7 nitrogen and oxygen atoms in total. The van der Waals surface area contributed by atoms with Crippen LogP contribution in [-0.4, -0.2) is 59.2 Å². The second-order valence-electron chi connectivity index (χ2n) is 11.6. The molecule has 1 saturated carbocycles. The van der Waals surface area contributed by atoms with Gasteiger partial charge in [-0.25, -0.2) is 0 Å². The second kappa shape index (κ2) is 13.3. The molecule has 3 atom stereocenters. The topological polar surface area (TPSA) is 94.3 Å². The van der Waals surface area contributed by atoms with Crippen molar-refractivity contribution in [2.45, 2.75) is 76.8 Å². The number of fused-ring (bicyclic) bond motifs is 3. The monoisotopic (exact) mass is 542 g/mol. The molecule has 212 valence electrons. The third kappa shape index (κ3) is 7.00. The number of benzene rings is 2. The van der Waals surface area contributed by atoms with Crippen LogP contribution in [-0.2, 0) is 20.8 Å². The minimum atomic E-state index is -0.568. The molecule has 3 aromatic rings. The van der Waals surface area contributed by atoms with Crippen LogP contribution >= 0.6 is 0 Å². The third-order valence-corrected chi connectivity index (χ3v) is 8.59. The first-order valence-electron chi connectivity index (χ1n) is 14.9. The van der Waals surface area contributed by atoms with Crippen LogP contribution in [0.1, 0.15) is 63.9 Å². The van der Waals surface area contributed by atoms with Gasteiger partial charge >= 0.3 is 0 Å². The number of aromatic nitrogens is 1. The molecule has 5 rings (SSSR count). The molecule has 40 heavy (non-hydrogen) atoms. The number of hydrogen-bond acceptors (Lipinski definition) is 4. The van der Waals surface area contributed by atoms with Gasteiger partial charge in [0.05, 0.1) is 6.54 Å². The van der Waals surface area contributed by atoms with Gasteiger partial charge in [-0.15, -0.1) is 0 Å². The van der Waals surface area contributed by atoms with E-state index in [2.05, 4.69) is 44.8 Å². The van der Waals surface area contributed by atoms with Crippen molar-refractivity contribution < 1.29 is 14.4 Å². The van der Waals surface area contributed by atoms with E-state index in [0.29, 0.717) is 38.4 Å². The summed E-state index contributed by atoms with van der Waals surface area (Å²) in [4.78, 5) is 43.5. The van der Waals surface area contributed by atoms with Crippen molar-refractivity contribution >= 4 is 28.5 Å².